The van der Waals surface area contributed by atoms with E-state index in [1.54, 1.807) is 0 Å². The molecule has 6 nitrogen and oxygen atoms in total. The Morgan fingerprint density at radius 2 is 2.05 bits per heavy atom. The first kappa shape index (κ1) is 12.2. The minimum Gasteiger partial charge on any atom is -0.392 e. The third kappa shape index (κ3) is 1.53. The van der Waals surface area contributed by atoms with Crippen LogP contribution in [-0.2, 0) is 28.7 Å². The van der Waals surface area contributed by atoms with E-state index in [1.165, 1.54) is 12.2 Å². The smallest absolute Gasteiger partial charge is 0.325 e. The van der Waals surface area contributed by atoms with Crippen LogP contribution in [0.3, 0.4) is 0 Å². The minimum absolute atomic E-state index is 0.486. The fourth-order valence-electron chi connectivity index (χ4n) is 3.17. The van der Waals surface area contributed by atoms with E-state index >= 15 is 0 Å². The standard InChI is InChI=1S/C13H12O6/c14-6-13(8-2-1-5-18-8)4-3-7(15)9-10(13)12(17)19-11(9)16/h3-4,6,8-10H,1-2,5H2. The SMILES string of the molecule is O=CC1(C2CCCO2)C=CC(=O)C2C(=O)OC(=O)C21. The van der Waals surface area contributed by atoms with Gasteiger partial charge in [-0.15, -0.1) is 0 Å². The third-order valence-corrected chi connectivity index (χ3v) is 4.12. The summed E-state index contributed by atoms with van der Waals surface area (Å²) < 4.78 is 10.0. The highest BCUT2D eigenvalue weighted by Crippen LogP contribution is 2.47. The number of hydrogen-bond donors (Lipinski definition) is 0. The van der Waals surface area contributed by atoms with Gasteiger partial charge in [-0.3, -0.25) is 14.4 Å². The van der Waals surface area contributed by atoms with E-state index in [2.05, 4.69) is 4.74 Å². The summed E-state index contributed by atoms with van der Waals surface area (Å²) in [6.07, 6.45) is 4.12. The average molecular weight is 264 g/mol. The molecule has 2 heterocycles. The molecule has 0 saturated carbocycles. The van der Waals surface area contributed by atoms with Crippen molar-refractivity contribution < 1.29 is 28.7 Å². The number of carbonyl (C=O) groups is 4. The lowest BCUT2D eigenvalue weighted by Crippen LogP contribution is -2.50. The summed E-state index contributed by atoms with van der Waals surface area (Å²) in [5.74, 6) is -4.45. The average Bonchev–Trinajstić information content (AvgIpc) is 3.01. The van der Waals surface area contributed by atoms with Crippen LogP contribution in [0.5, 0.6) is 0 Å². The van der Waals surface area contributed by atoms with Gasteiger partial charge in [-0.25, -0.2) is 0 Å². The van der Waals surface area contributed by atoms with Crippen LogP contribution in [0, 0.1) is 17.3 Å². The number of allylic oxidation sites excluding steroid dienone is 1. The molecule has 0 bridgehead atoms. The summed E-state index contributed by atoms with van der Waals surface area (Å²) in [5, 5.41) is 0. The predicted molar refractivity (Wildman–Crippen MR) is 59.7 cm³/mol. The lowest BCUT2D eigenvalue weighted by Gasteiger charge is -2.37. The van der Waals surface area contributed by atoms with Crippen LogP contribution >= 0.6 is 0 Å². The van der Waals surface area contributed by atoms with Crippen LogP contribution in [0.1, 0.15) is 12.8 Å². The summed E-state index contributed by atoms with van der Waals surface area (Å²) in [5.41, 5.74) is -1.27. The third-order valence-electron chi connectivity index (χ3n) is 4.12. The lowest BCUT2D eigenvalue weighted by molar-refractivity contribution is -0.156. The maximum Gasteiger partial charge on any atom is 0.325 e. The molecule has 19 heavy (non-hydrogen) atoms. The maximum atomic E-state index is 11.9. The van der Waals surface area contributed by atoms with Crippen molar-refractivity contribution in [3.8, 4) is 0 Å². The van der Waals surface area contributed by atoms with E-state index in [4.69, 9.17) is 4.74 Å². The zero-order chi connectivity index (χ0) is 13.6. The van der Waals surface area contributed by atoms with Gasteiger partial charge in [0.25, 0.3) is 0 Å². The molecule has 0 N–H and O–H groups in total. The minimum atomic E-state index is -1.27. The second-order valence-electron chi connectivity index (χ2n) is 5.05. The highest BCUT2D eigenvalue weighted by molar-refractivity contribution is 6.15. The summed E-state index contributed by atoms with van der Waals surface area (Å²) >= 11 is 0. The number of hydrogen-bond acceptors (Lipinski definition) is 6. The van der Waals surface area contributed by atoms with E-state index in [9.17, 15) is 19.2 Å². The molecular formula is C13H12O6. The highest BCUT2D eigenvalue weighted by Gasteiger charge is 2.62. The van der Waals surface area contributed by atoms with Crippen LogP contribution in [-0.4, -0.2) is 36.7 Å². The van der Waals surface area contributed by atoms with Crippen molar-refractivity contribution in [3.05, 3.63) is 12.2 Å². The molecule has 2 saturated heterocycles. The van der Waals surface area contributed by atoms with Gasteiger partial charge < -0.3 is 14.3 Å². The lowest BCUT2D eigenvalue weighted by atomic mass is 9.63. The van der Waals surface area contributed by atoms with Crippen molar-refractivity contribution in [2.24, 2.45) is 17.3 Å². The Balaban J connectivity index is 2.11. The maximum absolute atomic E-state index is 11.9. The molecule has 4 atom stereocenters. The number of cyclic esters (lactones) is 2. The summed E-state index contributed by atoms with van der Waals surface area (Å²) in [7, 11) is 0. The van der Waals surface area contributed by atoms with Gasteiger partial charge in [0.1, 0.15) is 12.2 Å². The number of rotatable bonds is 2. The van der Waals surface area contributed by atoms with Crippen molar-refractivity contribution in [2.45, 2.75) is 18.9 Å². The zero-order valence-corrected chi connectivity index (χ0v) is 10.0. The molecule has 4 unspecified atom stereocenters. The molecule has 0 amide bonds. The van der Waals surface area contributed by atoms with E-state index in [0.717, 1.165) is 6.42 Å². The highest BCUT2D eigenvalue weighted by atomic mass is 16.6. The number of ketones is 1. The molecule has 0 spiro atoms. The van der Waals surface area contributed by atoms with Gasteiger partial charge >= 0.3 is 11.9 Å². The molecule has 6 heteroatoms. The molecule has 0 aromatic rings. The fraction of sp³-hybridized carbons (Fsp3) is 0.538. The predicted octanol–water partition coefficient (Wildman–Crippen LogP) is -0.195. The second kappa shape index (κ2) is 4.09. The van der Waals surface area contributed by atoms with Gasteiger partial charge in [0.15, 0.2) is 5.78 Å². The first-order valence-corrected chi connectivity index (χ1v) is 6.17. The number of carbonyl (C=O) groups excluding carboxylic acids is 4. The van der Waals surface area contributed by atoms with Gasteiger partial charge in [0.2, 0.25) is 0 Å². The Labute approximate surface area is 108 Å². The molecule has 100 valence electrons. The Bertz CT molecular complexity index is 501. The Morgan fingerprint density at radius 3 is 2.68 bits per heavy atom. The van der Waals surface area contributed by atoms with Crippen LogP contribution in [0.15, 0.2) is 12.2 Å². The molecule has 0 aromatic heterocycles. The van der Waals surface area contributed by atoms with E-state index in [1.807, 2.05) is 0 Å². The topological polar surface area (TPSA) is 86.7 Å². The van der Waals surface area contributed by atoms with Crippen LogP contribution in [0.2, 0.25) is 0 Å². The first-order valence-electron chi connectivity index (χ1n) is 6.17. The largest absolute Gasteiger partial charge is 0.392 e. The number of esters is 2. The summed E-state index contributed by atoms with van der Waals surface area (Å²) in [6.45, 7) is 0.502. The molecular weight excluding hydrogens is 252 g/mol. The van der Waals surface area contributed by atoms with Gasteiger partial charge in [-0.05, 0) is 18.9 Å². The molecule has 3 aliphatic rings. The molecule has 0 radical (unpaired) electrons. The first-order chi connectivity index (χ1) is 9.10. The molecule has 0 aromatic carbocycles. The Hall–Kier alpha value is -1.82. The van der Waals surface area contributed by atoms with Crippen LogP contribution in [0.25, 0.3) is 0 Å². The van der Waals surface area contributed by atoms with Crippen molar-refractivity contribution in [1.82, 2.24) is 0 Å². The van der Waals surface area contributed by atoms with Crippen molar-refractivity contribution in [3.63, 3.8) is 0 Å². The van der Waals surface area contributed by atoms with E-state index < -0.39 is 41.1 Å². The molecule has 2 fully saturated rings. The van der Waals surface area contributed by atoms with Gasteiger partial charge in [0.05, 0.1) is 17.4 Å². The Morgan fingerprint density at radius 1 is 1.26 bits per heavy atom. The van der Waals surface area contributed by atoms with Gasteiger partial charge in [0, 0.05) is 6.61 Å². The van der Waals surface area contributed by atoms with Crippen LogP contribution < -0.4 is 0 Å². The van der Waals surface area contributed by atoms with Gasteiger partial charge in [-0.1, -0.05) is 6.08 Å². The normalized spacial score (nSPS) is 41.3. The molecule has 1 aliphatic carbocycles. The monoisotopic (exact) mass is 264 g/mol. The summed E-state index contributed by atoms with van der Waals surface area (Å²) in [6, 6.07) is 0. The van der Waals surface area contributed by atoms with Crippen LogP contribution in [0.4, 0.5) is 0 Å². The fourth-order valence-corrected chi connectivity index (χ4v) is 3.17. The van der Waals surface area contributed by atoms with E-state index in [0.29, 0.717) is 19.3 Å². The number of ether oxygens (including phenoxy) is 2. The van der Waals surface area contributed by atoms with Crippen molar-refractivity contribution in [2.75, 3.05) is 6.61 Å². The zero-order valence-electron chi connectivity index (χ0n) is 10.0. The second-order valence-corrected chi connectivity index (χ2v) is 5.05. The van der Waals surface area contributed by atoms with Crippen molar-refractivity contribution >= 4 is 24.0 Å². The Kier molecular flexibility index (Phi) is 2.63. The quantitative estimate of drug-likeness (QED) is 0.390. The summed E-state index contributed by atoms with van der Waals surface area (Å²) in [4.78, 5) is 46.8. The molecule has 3 rings (SSSR count). The number of aldehydes is 1. The number of fused-ring (bicyclic) bond motifs is 1. The molecule has 2 aliphatic heterocycles. The van der Waals surface area contributed by atoms with Crippen molar-refractivity contribution in [1.29, 1.82) is 0 Å². The van der Waals surface area contributed by atoms with Gasteiger partial charge in [-0.2, -0.15) is 0 Å². The van der Waals surface area contributed by atoms with E-state index in [-0.39, 0.29) is 0 Å².